The van der Waals surface area contributed by atoms with Gasteiger partial charge in [-0.3, -0.25) is 9.59 Å². The van der Waals surface area contributed by atoms with Gasteiger partial charge in [0.15, 0.2) is 5.60 Å². The van der Waals surface area contributed by atoms with E-state index in [9.17, 15) is 19.2 Å². The van der Waals surface area contributed by atoms with Crippen LogP contribution >= 0.6 is 11.8 Å². The van der Waals surface area contributed by atoms with E-state index in [0.717, 1.165) is 31.1 Å². The van der Waals surface area contributed by atoms with Crippen LogP contribution in [0.25, 0.3) is 0 Å². The quantitative estimate of drug-likeness (QED) is 0.190. The first-order valence-electron chi connectivity index (χ1n) is 10.1. The summed E-state index contributed by atoms with van der Waals surface area (Å²) in [7, 11) is 0. The van der Waals surface area contributed by atoms with E-state index in [4.69, 9.17) is 4.74 Å². The molecule has 2 saturated heterocycles. The number of unbranched alkanes of at least 4 members (excludes halogenated alkanes) is 1. The van der Waals surface area contributed by atoms with Gasteiger partial charge in [-0.1, -0.05) is 13.0 Å². The average Bonchev–Trinajstić information content (AvgIpc) is 3.21. The van der Waals surface area contributed by atoms with E-state index in [2.05, 4.69) is 22.5 Å². The van der Waals surface area contributed by atoms with Gasteiger partial charge in [0.05, 0.1) is 12.1 Å². The highest BCUT2D eigenvalue weighted by atomic mass is 32.2. The number of carbonyl (C=O) groups is 4. The van der Waals surface area contributed by atoms with Crippen LogP contribution in [0.4, 0.5) is 4.79 Å². The Kier molecular flexibility index (Phi) is 8.55. The Bertz CT molecular complexity index is 652. The molecule has 2 aliphatic heterocycles. The Morgan fingerprint density at radius 3 is 2.69 bits per heavy atom. The van der Waals surface area contributed by atoms with Crippen molar-refractivity contribution in [2.45, 2.75) is 75.3 Å². The molecule has 3 amide bonds. The Morgan fingerprint density at radius 1 is 1.24 bits per heavy atom. The highest BCUT2D eigenvalue weighted by Gasteiger charge is 2.42. The molecule has 0 aromatic rings. The molecule has 2 rings (SSSR count). The fraction of sp³-hybridized carbons (Fsp3) is 0.700. The minimum Gasteiger partial charge on any atom is -0.446 e. The predicted molar refractivity (Wildman–Crippen MR) is 112 cm³/mol. The van der Waals surface area contributed by atoms with Crippen LogP contribution in [0.3, 0.4) is 0 Å². The molecule has 29 heavy (non-hydrogen) atoms. The molecular weight excluding hydrogens is 394 g/mol. The lowest BCUT2D eigenvalue weighted by atomic mass is 10.0. The van der Waals surface area contributed by atoms with Gasteiger partial charge in [0.1, 0.15) is 5.78 Å². The van der Waals surface area contributed by atoms with Gasteiger partial charge in [-0.15, -0.1) is 0 Å². The molecule has 0 spiro atoms. The third-order valence-corrected chi connectivity index (χ3v) is 6.63. The van der Waals surface area contributed by atoms with Crippen molar-refractivity contribution in [1.82, 2.24) is 16.0 Å². The summed E-state index contributed by atoms with van der Waals surface area (Å²) in [6.45, 7) is 6.67. The number of carbonyl (C=O) groups excluding carboxylic acids is 4. The molecule has 0 aromatic heterocycles. The van der Waals surface area contributed by atoms with Gasteiger partial charge in [-0.05, 0) is 33.1 Å². The summed E-state index contributed by atoms with van der Waals surface area (Å²) in [6, 6.07) is 0.372. The molecule has 0 saturated carbocycles. The molecule has 2 fully saturated rings. The smallest absolute Gasteiger partial charge is 0.331 e. The third kappa shape index (κ3) is 7.06. The van der Waals surface area contributed by atoms with Gasteiger partial charge in [-0.25, -0.2) is 9.59 Å². The molecule has 3 unspecified atom stereocenters. The number of rotatable bonds is 12. The molecule has 9 heteroatoms. The number of Topliss-reactive ketones (excluding diaryl/α,β-unsaturated/α-hetero) is 1. The average molecular weight is 426 g/mol. The van der Waals surface area contributed by atoms with E-state index in [0.29, 0.717) is 31.1 Å². The molecular formula is C20H31N3O5S. The molecule has 2 aliphatic rings. The van der Waals surface area contributed by atoms with E-state index in [1.165, 1.54) is 13.8 Å². The lowest BCUT2D eigenvalue weighted by Crippen LogP contribution is -2.45. The zero-order valence-corrected chi connectivity index (χ0v) is 17.9. The molecule has 0 aromatic carbocycles. The van der Waals surface area contributed by atoms with E-state index in [1.807, 2.05) is 11.8 Å². The standard InChI is InChI=1S/C20H31N3O5S/c1-4-16(25)28-20(2,3)18(26)21-11-7-9-13(24)8-5-6-10-15-17-14(12-29-15)22-19(27)23-17/h4,14-15,17H,1,5-12H2,2-3H3,(H,21,26)(H2,22,23,27). The largest absolute Gasteiger partial charge is 0.446 e. The second-order valence-electron chi connectivity index (χ2n) is 7.90. The Hall–Kier alpha value is -2.03. The third-order valence-electron chi connectivity index (χ3n) is 5.12. The normalized spacial score (nSPS) is 23.0. The summed E-state index contributed by atoms with van der Waals surface area (Å²) in [4.78, 5) is 46.7. The summed E-state index contributed by atoms with van der Waals surface area (Å²) in [5.41, 5.74) is -1.28. The van der Waals surface area contributed by atoms with Crippen LogP contribution < -0.4 is 16.0 Å². The van der Waals surface area contributed by atoms with Gasteiger partial charge in [0, 0.05) is 36.5 Å². The Balaban J connectivity index is 1.53. The second-order valence-corrected chi connectivity index (χ2v) is 9.17. The molecule has 162 valence electrons. The van der Waals surface area contributed by atoms with Crippen molar-refractivity contribution >= 4 is 35.5 Å². The van der Waals surface area contributed by atoms with Gasteiger partial charge >= 0.3 is 12.0 Å². The van der Waals surface area contributed by atoms with Crippen LogP contribution in [-0.4, -0.2) is 58.9 Å². The van der Waals surface area contributed by atoms with Gasteiger partial charge in [0.25, 0.3) is 5.91 Å². The number of hydrogen-bond acceptors (Lipinski definition) is 6. The number of fused-ring (bicyclic) bond motifs is 1. The van der Waals surface area contributed by atoms with Crippen LogP contribution in [0.5, 0.6) is 0 Å². The topological polar surface area (TPSA) is 114 Å². The number of esters is 1. The number of ether oxygens (including phenoxy) is 1. The minimum absolute atomic E-state index is 0.0742. The number of urea groups is 1. The monoisotopic (exact) mass is 425 g/mol. The van der Waals surface area contributed by atoms with Gasteiger partial charge < -0.3 is 20.7 Å². The van der Waals surface area contributed by atoms with E-state index in [1.54, 1.807) is 0 Å². The highest BCUT2D eigenvalue weighted by molar-refractivity contribution is 8.00. The van der Waals surface area contributed by atoms with Crippen LogP contribution in [0, 0.1) is 0 Å². The number of thioether (sulfide) groups is 1. The zero-order valence-electron chi connectivity index (χ0n) is 17.1. The molecule has 8 nitrogen and oxygen atoms in total. The first kappa shape index (κ1) is 23.3. The number of ketones is 1. The predicted octanol–water partition coefficient (Wildman–Crippen LogP) is 1.69. The number of hydrogen-bond donors (Lipinski definition) is 3. The van der Waals surface area contributed by atoms with Gasteiger partial charge in [0.2, 0.25) is 0 Å². The van der Waals surface area contributed by atoms with Crippen molar-refractivity contribution in [3.63, 3.8) is 0 Å². The molecule has 3 N–H and O–H groups in total. The van der Waals surface area contributed by atoms with Crippen molar-refractivity contribution in [3.8, 4) is 0 Å². The fourth-order valence-corrected chi connectivity index (χ4v) is 5.02. The highest BCUT2D eigenvalue weighted by Crippen LogP contribution is 2.33. The van der Waals surface area contributed by atoms with Crippen LogP contribution in [0.1, 0.15) is 52.4 Å². The molecule has 2 heterocycles. The minimum atomic E-state index is -1.28. The van der Waals surface area contributed by atoms with E-state index >= 15 is 0 Å². The van der Waals surface area contributed by atoms with Crippen molar-refractivity contribution in [1.29, 1.82) is 0 Å². The summed E-state index contributed by atoms with van der Waals surface area (Å²) in [5, 5.41) is 9.02. The lowest BCUT2D eigenvalue weighted by Gasteiger charge is -2.23. The van der Waals surface area contributed by atoms with Crippen molar-refractivity contribution < 1.29 is 23.9 Å². The number of amides is 3. The van der Waals surface area contributed by atoms with E-state index in [-0.39, 0.29) is 23.9 Å². The molecule has 0 radical (unpaired) electrons. The Labute approximate surface area is 176 Å². The van der Waals surface area contributed by atoms with Crippen molar-refractivity contribution in [2.75, 3.05) is 12.3 Å². The first-order chi connectivity index (χ1) is 13.7. The maximum absolute atomic E-state index is 12.1. The van der Waals surface area contributed by atoms with Crippen molar-refractivity contribution in [3.05, 3.63) is 12.7 Å². The SMILES string of the molecule is C=CC(=O)OC(C)(C)C(=O)NCCCC(=O)CCCCC1SCC2NC(=O)NC21. The van der Waals surface area contributed by atoms with Crippen LogP contribution in [0.2, 0.25) is 0 Å². The first-order valence-corrected chi connectivity index (χ1v) is 11.1. The second kappa shape index (κ2) is 10.7. The maximum atomic E-state index is 12.1. The maximum Gasteiger partial charge on any atom is 0.331 e. The summed E-state index contributed by atoms with van der Waals surface area (Å²) < 4.78 is 5.00. The van der Waals surface area contributed by atoms with Crippen LogP contribution in [-0.2, 0) is 19.1 Å². The van der Waals surface area contributed by atoms with Crippen LogP contribution in [0.15, 0.2) is 12.7 Å². The number of nitrogens with one attached hydrogen (secondary N) is 3. The zero-order chi connectivity index (χ0) is 21.4. The Morgan fingerprint density at radius 2 is 1.97 bits per heavy atom. The molecule has 0 bridgehead atoms. The summed E-state index contributed by atoms with van der Waals surface area (Å²) >= 11 is 1.88. The molecule has 0 aliphatic carbocycles. The van der Waals surface area contributed by atoms with E-state index < -0.39 is 17.5 Å². The lowest BCUT2D eigenvalue weighted by molar-refractivity contribution is -0.160. The summed E-state index contributed by atoms with van der Waals surface area (Å²) in [5.74, 6) is 0.0753. The summed E-state index contributed by atoms with van der Waals surface area (Å²) in [6.07, 6.45) is 5.31. The van der Waals surface area contributed by atoms with Gasteiger partial charge in [-0.2, -0.15) is 11.8 Å². The molecule has 3 atom stereocenters. The fourth-order valence-electron chi connectivity index (χ4n) is 3.48. The van der Waals surface area contributed by atoms with Crippen molar-refractivity contribution in [2.24, 2.45) is 0 Å².